The van der Waals surface area contributed by atoms with Crippen LogP contribution in [0, 0.1) is 6.92 Å². The highest BCUT2D eigenvalue weighted by atomic mass is 35.5. The van der Waals surface area contributed by atoms with Gasteiger partial charge in [0.1, 0.15) is 0 Å². The Morgan fingerprint density at radius 3 is 2.64 bits per heavy atom. The molecule has 2 rings (SSSR count). The highest BCUT2D eigenvalue weighted by Gasteiger charge is 2.10. The zero-order valence-corrected chi connectivity index (χ0v) is 12.7. The Labute approximate surface area is 133 Å². The third-order valence-corrected chi connectivity index (χ3v) is 3.21. The van der Waals surface area contributed by atoms with Crippen LogP contribution in [0.25, 0.3) is 6.08 Å². The van der Waals surface area contributed by atoms with E-state index in [9.17, 15) is 9.59 Å². The maximum Gasteiger partial charge on any atom is 0.250 e. The van der Waals surface area contributed by atoms with Gasteiger partial charge in [0.2, 0.25) is 5.91 Å². The fraction of sp³-hybridized carbons (Fsp3) is 0.0588. The first kappa shape index (κ1) is 15.8. The van der Waals surface area contributed by atoms with E-state index in [4.69, 9.17) is 17.3 Å². The molecule has 2 aromatic carbocycles. The molecule has 0 aliphatic heterocycles. The molecule has 0 aliphatic rings. The third kappa shape index (κ3) is 4.20. The summed E-state index contributed by atoms with van der Waals surface area (Å²) in [6, 6.07) is 12.3. The van der Waals surface area contributed by atoms with Crippen LogP contribution in [0.15, 0.2) is 48.5 Å². The van der Waals surface area contributed by atoms with Gasteiger partial charge in [-0.2, -0.15) is 0 Å². The summed E-state index contributed by atoms with van der Waals surface area (Å²) in [7, 11) is 0. The van der Waals surface area contributed by atoms with E-state index in [1.54, 1.807) is 18.2 Å². The first-order valence-electron chi connectivity index (χ1n) is 6.61. The summed E-state index contributed by atoms with van der Waals surface area (Å²) in [6.07, 6.45) is 3.09. The van der Waals surface area contributed by atoms with Crippen molar-refractivity contribution in [3.63, 3.8) is 0 Å². The molecule has 0 saturated heterocycles. The molecule has 0 fully saturated rings. The second-order valence-corrected chi connectivity index (χ2v) is 5.23. The lowest BCUT2D eigenvalue weighted by molar-refractivity contribution is -0.111. The van der Waals surface area contributed by atoms with Crippen LogP contribution in [-0.2, 0) is 4.79 Å². The van der Waals surface area contributed by atoms with Crippen molar-refractivity contribution in [2.45, 2.75) is 6.92 Å². The topological polar surface area (TPSA) is 72.2 Å². The lowest BCUT2D eigenvalue weighted by atomic mass is 10.1. The van der Waals surface area contributed by atoms with Crippen LogP contribution >= 0.6 is 11.6 Å². The molecule has 5 heteroatoms. The van der Waals surface area contributed by atoms with Crippen molar-refractivity contribution < 1.29 is 9.59 Å². The zero-order valence-electron chi connectivity index (χ0n) is 12.0. The molecule has 0 spiro atoms. The zero-order chi connectivity index (χ0) is 16.1. The molecule has 0 aromatic heterocycles. The van der Waals surface area contributed by atoms with Crippen LogP contribution in [0.2, 0.25) is 5.02 Å². The van der Waals surface area contributed by atoms with Crippen LogP contribution in [-0.4, -0.2) is 11.8 Å². The van der Waals surface area contributed by atoms with E-state index >= 15 is 0 Å². The Kier molecular flexibility index (Phi) is 4.96. The maximum atomic E-state index is 11.9. The SMILES string of the molecule is Cc1cccc(/C=C/C(=O)Nc2ccc(Cl)cc2C(N)=O)c1. The van der Waals surface area contributed by atoms with E-state index < -0.39 is 5.91 Å². The van der Waals surface area contributed by atoms with E-state index in [1.807, 2.05) is 31.2 Å². The number of rotatable bonds is 4. The van der Waals surface area contributed by atoms with Crippen molar-refractivity contribution in [2.75, 3.05) is 5.32 Å². The van der Waals surface area contributed by atoms with Crippen molar-refractivity contribution >= 4 is 35.2 Å². The van der Waals surface area contributed by atoms with Crippen molar-refractivity contribution in [3.8, 4) is 0 Å². The molecule has 4 nitrogen and oxygen atoms in total. The van der Waals surface area contributed by atoms with E-state index in [1.165, 1.54) is 12.1 Å². The van der Waals surface area contributed by atoms with Crippen molar-refractivity contribution in [3.05, 3.63) is 70.3 Å². The van der Waals surface area contributed by atoms with Crippen molar-refractivity contribution in [1.29, 1.82) is 0 Å². The molecule has 112 valence electrons. The normalized spacial score (nSPS) is 10.6. The minimum atomic E-state index is -0.652. The number of amides is 2. The van der Waals surface area contributed by atoms with Gasteiger partial charge in [0.25, 0.3) is 5.91 Å². The Hall–Kier alpha value is -2.59. The summed E-state index contributed by atoms with van der Waals surface area (Å²) in [5.74, 6) is -1.01. The predicted molar refractivity (Wildman–Crippen MR) is 88.8 cm³/mol. The molecule has 0 aliphatic carbocycles. The standard InChI is InChI=1S/C17H15ClN2O2/c1-11-3-2-4-12(9-11)5-8-16(21)20-15-7-6-13(18)10-14(15)17(19)22/h2-10H,1H3,(H2,19,22)(H,20,21)/b8-5+. The quantitative estimate of drug-likeness (QED) is 0.849. The fourth-order valence-corrected chi connectivity index (χ4v) is 2.12. The number of hydrogen-bond donors (Lipinski definition) is 2. The van der Waals surface area contributed by atoms with Crippen LogP contribution in [0.5, 0.6) is 0 Å². The molecule has 0 heterocycles. The van der Waals surface area contributed by atoms with Gasteiger partial charge in [0.05, 0.1) is 11.3 Å². The average Bonchev–Trinajstić information content (AvgIpc) is 2.47. The number of hydrogen-bond acceptors (Lipinski definition) is 2. The summed E-state index contributed by atoms with van der Waals surface area (Å²) in [4.78, 5) is 23.3. The van der Waals surface area contributed by atoms with Crippen LogP contribution < -0.4 is 11.1 Å². The predicted octanol–water partition coefficient (Wildman–Crippen LogP) is 3.40. The molecule has 0 unspecified atom stereocenters. The van der Waals surface area contributed by atoms with Gasteiger partial charge in [-0.3, -0.25) is 9.59 Å². The van der Waals surface area contributed by atoms with E-state index in [0.29, 0.717) is 10.7 Å². The van der Waals surface area contributed by atoms with Gasteiger partial charge < -0.3 is 11.1 Å². The number of anilines is 1. The molecule has 0 radical (unpaired) electrons. The van der Waals surface area contributed by atoms with E-state index in [0.717, 1.165) is 11.1 Å². The fourth-order valence-electron chi connectivity index (χ4n) is 1.95. The van der Waals surface area contributed by atoms with Crippen molar-refractivity contribution in [2.24, 2.45) is 5.73 Å². The van der Waals surface area contributed by atoms with Gasteiger partial charge in [0, 0.05) is 11.1 Å². The second-order valence-electron chi connectivity index (χ2n) is 4.79. The first-order chi connectivity index (χ1) is 10.5. The summed E-state index contributed by atoms with van der Waals surface area (Å²) >= 11 is 5.82. The Morgan fingerprint density at radius 1 is 1.18 bits per heavy atom. The summed E-state index contributed by atoms with van der Waals surface area (Å²) < 4.78 is 0. The van der Waals surface area contributed by atoms with Crippen LogP contribution in [0.3, 0.4) is 0 Å². The van der Waals surface area contributed by atoms with E-state index in [2.05, 4.69) is 5.32 Å². The Balaban J connectivity index is 2.14. The monoisotopic (exact) mass is 314 g/mol. The average molecular weight is 315 g/mol. The number of carbonyl (C=O) groups excluding carboxylic acids is 2. The molecule has 2 amide bonds. The number of primary amides is 1. The van der Waals surface area contributed by atoms with Gasteiger partial charge in [0.15, 0.2) is 0 Å². The molecule has 2 aromatic rings. The number of halogens is 1. The number of nitrogens with two attached hydrogens (primary N) is 1. The summed E-state index contributed by atoms with van der Waals surface area (Å²) in [6.45, 7) is 1.98. The first-order valence-corrected chi connectivity index (χ1v) is 6.98. The summed E-state index contributed by atoms with van der Waals surface area (Å²) in [5, 5.41) is 3.00. The van der Waals surface area contributed by atoms with Gasteiger partial charge in [-0.15, -0.1) is 0 Å². The number of carbonyl (C=O) groups is 2. The highest BCUT2D eigenvalue weighted by Crippen LogP contribution is 2.20. The van der Waals surface area contributed by atoms with Gasteiger partial charge in [-0.25, -0.2) is 0 Å². The molecule has 22 heavy (non-hydrogen) atoms. The van der Waals surface area contributed by atoms with Crippen molar-refractivity contribution in [1.82, 2.24) is 0 Å². The third-order valence-electron chi connectivity index (χ3n) is 2.97. The smallest absolute Gasteiger partial charge is 0.250 e. The van der Waals surface area contributed by atoms with Gasteiger partial charge in [-0.05, 0) is 36.8 Å². The number of benzene rings is 2. The molecular weight excluding hydrogens is 300 g/mol. The molecule has 0 bridgehead atoms. The molecule has 3 N–H and O–H groups in total. The highest BCUT2D eigenvalue weighted by molar-refractivity contribution is 6.31. The van der Waals surface area contributed by atoms with Gasteiger partial charge >= 0.3 is 0 Å². The van der Waals surface area contributed by atoms with Crippen LogP contribution in [0.4, 0.5) is 5.69 Å². The van der Waals surface area contributed by atoms with E-state index in [-0.39, 0.29) is 11.5 Å². The van der Waals surface area contributed by atoms with Gasteiger partial charge in [-0.1, -0.05) is 41.4 Å². The maximum absolute atomic E-state index is 11.9. The lowest BCUT2D eigenvalue weighted by Crippen LogP contribution is -2.16. The number of nitrogens with one attached hydrogen (secondary N) is 1. The lowest BCUT2D eigenvalue weighted by Gasteiger charge is -2.07. The minimum absolute atomic E-state index is 0.171. The molecule has 0 saturated carbocycles. The Bertz CT molecular complexity index is 754. The largest absolute Gasteiger partial charge is 0.366 e. The molecular formula is C17H15ClN2O2. The number of aryl methyl sites for hydroxylation is 1. The molecule has 0 atom stereocenters. The Morgan fingerprint density at radius 2 is 1.95 bits per heavy atom. The summed E-state index contributed by atoms with van der Waals surface area (Å²) in [5.41, 5.74) is 7.80. The van der Waals surface area contributed by atoms with Crippen LogP contribution in [0.1, 0.15) is 21.5 Å². The minimum Gasteiger partial charge on any atom is -0.366 e. The second kappa shape index (κ2) is 6.91.